The highest BCUT2D eigenvalue weighted by atomic mass is 35.5. The topological polar surface area (TPSA) is 48.7 Å². The first-order chi connectivity index (χ1) is 11.8. The van der Waals surface area contributed by atoms with E-state index in [1.807, 2.05) is 36.5 Å². The van der Waals surface area contributed by atoms with Gasteiger partial charge >= 0.3 is 0 Å². The summed E-state index contributed by atoms with van der Waals surface area (Å²) in [4.78, 5) is 11.6. The number of nitrogens with zero attached hydrogens (tertiary/aromatic N) is 3. The van der Waals surface area contributed by atoms with Gasteiger partial charge in [-0.2, -0.15) is 0 Å². The number of aliphatic hydroxyl groups excluding tert-OH is 1. The number of aliphatic imine (C=N–C) groups is 1. The molecular formula is C18H20ClN3OS. The summed E-state index contributed by atoms with van der Waals surface area (Å²) in [6, 6.07) is 11.7. The monoisotopic (exact) mass is 361 g/mol. The second-order valence-electron chi connectivity index (χ2n) is 5.65. The SMILES string of the molecule is OCCCCCN1Cc2cccnc2SC1=Nc1ccc(Cl)cc1. The Morgan fingerprint density at radius 3 is 2.79 bits per heavy atom. The number of rotatable bonds is 6. The third-order valence-corrected chi connectivity index (χ3v) is 5.15. The normalized spacial score (nSPS) is 15.6. The fraction of sp³-hybridized carbons (Fsp3) is 0.333. The molecular weight excluding hydrogens is 342 g/mol. The molecule has 0 fully saturated rings. The highest BCUT2D eigenvalue weighted by Gasteiger charge is 2.22. The minimum atomic E-state index is 0.257. The number of thioether (sulfide) groups is 1. The molecule has 2 aromatic rings. The minimum absolute atomic E-state index is 0.257. The standard InChI is InChI=1S/C18H20ClN3OS/c19-15-6-8-16(9-7-15)21-18-22(11-2-1-3-12-23)13-14-5-4-10-20-17(14)24-18/h4-10,23H,1-3,11-13H2. The molecule has 2 heterocycles. The molecule has 0 spiro atoms. The van der Waals surface area contributed by atoms with Gasteiger partial charge in [-0.1, -0.05) is 17.7 Å². The van der Waals surface area contributed by atoms with E-state index in [2.05, 4.69) is 16.0 Å². The number of pyridine rings is 1. The van der Waals surface area contributed by atoms with Gasteiger partial charge in [-0.05, 0) is 61.4 Å². The van der Waals surface area contributed by atoms with E-state index in [1.165, 1.54) is 5.56 Å². The van der Waals surface area contributed by atoms with E-state index in [1.54, 1.807) is 11.8 Å². The molecule has 0 aliphatic carbocycles. The van der Waals surface area contributed by atoms with Crippen LogP contribution in [0.15, 0.2) is 52.6 Å². The smallest absolute Gasteiger partial charge is 0.171 e. The Morgan fingerprint density at radius 1 is 1.17 bits per heavy atom. The Bertz CT molecular complexity index is 706. The van der Waals surface area contributed by atoms with Gasteiger partial charge in [0.05, 0.1) is 5.69 Å². The highest BCUT2D eigenvalue weighted by Crippen LogP contribution is 2.32. The van der Waals surface area contributed by atoms with E-state index in [0.29, 0.717) is 5.02 Å². The van der Waals surface area contributed by atoms with Crippen molar-refractivity contribution in [1.29, 1.82) is 0 Å². The molecule has 1 N–H and O–H groups in total. The first-order valence-corrected chi connectivity index (χ1v) is 9.27. The summed E-state index contributed by atoms with van der Waals surface area (Å²) in [5.74, 6) is 0. The number of hydrogen-bond donors (Lipinski definition) is 1. The summed E-state index contributed by atoms with van der Waals surface area (Å²) < 4.78 is 0. The molecule has 0 radical (unpaired) electrons. The summed E-state index contributed by atoms with van der Waals surface area (Å²) in [5, 5.41) is 11.6. The molecule has 1 aliphatic rings. The van der Waals surface area contributed by atoms with Crippen LogP contribution in [-0.2, 0) is 6.54 Å². The predicted octanol–water partition coefficient (Wildman–Crippen LogP) is 4.49. The molecule has 6 heteroatoms. The van der Waals surface area contributed by atoms with Crippen LogP contribution in [0.4, 0.5) is 5.69 Å². The molecule has 1 aromatic heterocycles. The van der Waals surface area contributed by atoms with Gasteiger partial charge in [-0.15, -0.1) is 0 Å². The fourth-order valence-electron chi connectivity index (χ4n) is 2.55. The average Bonchev–Trinajstić information content (AvgIpc) is 2.61. The lowest BCUT2D eigenvalue weighted by Gasteiger charge is -2.30. The van der Waals surface area contributed by atoms with Gasteiger partial charge in [0.25, 0.3) is 0 Å². The number of benzene rings is 1. The quantitative estimate of drug-likeness (QED) is 0.770. The minimum Gasteiger partial charge on any atom is -0.396 e. The fourth-order valence-corrected chi connectivity index (χ4v) is 3.66. The van der Waals surface area contributed by atoms with E-state index < -0.39 is 0 Å². The molecule has 0 amide bonds. The molecule has 126 valence electrons. The van der Waals surface area contributed by atoms with Crippen LogP contribution in [0, 0.1) is 0 Å². The maximum absolute atomic E-state index is 8.94. The molecule has 3 rings (SSSR count). The third-order valence-electron chi connectivity index (χ3n) is 3.81. The lowest BCUT2D eigenvalue weighted by Crippen LogP contribution is -2.32. The Kier molecular flexibility index (Phi) is 6.12. The molecule has 0 bridgehead atoms. The Hall–Kier alpha value is -1.56. The van der Waals surface area contributed by atoms with Crippen LogP contribution >= 0.6 is 23.4 Å². The number of halogens is 1. The van der Waals surface area contributed by atoms with Crippen molar-refractivity contribution in [3.8, 4) is 0 Å². The summed E-state index contributed by atoms with van der Waals surface area (Å²) in [5.41, 5.74) is 2.13. The van der Waals surface area contributed by atoms with Crippen LogP contribution in [-0.4, -0.2) is 33.3 Å². The number of fused-ring (bicyclic) bond motifs is 1. The average molecular weight is 362 g/mol. The number of aromatic nitrogens is 1. The Balaban J connectivity index is 1.80. The number of aliphatic hydroxyl groups is 1. The summed E-state index contributed by atoms with van der Waals surface area (Å²) in [7, 11) is 0. The Morgan fingerprint density at radius 2 is 2.00 bits per heavy atom. The van der Waals surface area contributed by atoms with Crippen molar-refractivity contribution in [3.05, 3.63) is 53.2 Å². The number of hydrogen-bond acceptors (Lipinski definition) is 4. The molecule has 1 aromatic carbocycles. The predicted molar refractivity (Wildman–Crippen MR) is 100.0 cm³/mol. The third kappa shape index (κ3) is 4.50. The van der Waals surface area contributed by atoms with E-state index >= 15 is 0 Å². The van der Waals surface area contributed by atoms with Crippen LogP contribution in [0.1, 0.15) is 24.8 Å². The van der Waals surface area contributed by atoms with Crippen molar-refractivity contribution in [3.63, 3.8) is 0 Å². The second kappa shape index (κ2) is 8.51. The molecule has 0 unspecified atom stereocenters. The van der Waals surface area contributed by atoms with Crippen molar-refractivity contribution >= 4 is 34.2 Å². The van der Waals surface area contributed by atoms with Gasteiger partial charge in [0.15, 0.2) is 5.17 Å². The molecule has 4 nitrogen and oxygen atoms in total. The lowest BCUT2D eigenvalue weighted by atomic mass is 10.2. The summed E-state index contributed by atoms with van der Waals surface area (Å²) >= 11 is 7.56. The number of unbranched alkanes of at least 4 members (excludes halogenated alkanes) is 2. The zero-order chi connectivity index (χ0) is 16.8. The molecule has 1 aliphatic heterocycles. The second-order valence-corrected chi connectivity index (χ2v) is 7.04. The van der Waals surface area contributed by atoms with Gasteiger partial charge in [-0.3, -0.25) is 0 Å². The largest absolute Gasteiger partial charge is 0.396 e. The van der Waals surface area contributed by atoms with Gasteiger partial charge in [0.2, 0.25) is 0 Å². The van der Waals surface area contributed by atoms with Gasteiger partial charge < -0.3 is 10.0 Å². The van der Waals surface area contributed by atoms with Crippen molar-refractivity contribution in [1.82, 2.24) is 9.88 Å². The highest BCUT2D eigenvalue weighted by molar-refractivity contribution is 8.13. The van der Waals surface area contributed by atoms with Crippen LogP contribution in [0.3, 0.4) is 0 Å². The van der Waals surface area contributed by atoms with E-state index in [4.69, 9.17) is 21.7 Å². The van der Waals surface area contributed by atoms with Gasteiger partial charge in [0, 0.05) is 36.5 Å². The van der Waals surface area contributed by atoms with Crippen molar-refractivity contribution in [2.45, 2.75) is 30.8 Å². The van der Waals surface area contributed by atoms with Crippen LogP contribution in [0.5, 0.6) is 0 Å². The van der Waals surface area contributed by atoms with Crippen LogP contribution in [0.25, 0.3) is 0 Å². The molecule has 0 saturated carbocycles. The van der Waals surface area contributed by atoms with E-state index in [0.717, 1.165) is 48.2 Å². The Labute approximate surface area is 151 Å². The van der Waals surface area contributed by atoms with Crippen LogP contribution < -0.4 is 0 Å². The zero-order valence-corrected chi connectivity index (χ0v) is 14.9. The zero-order valence-electron chi connectivity index (χ0n) is 13.4. The van der Waals surface area contributed by atoms with Crippen molar-refractivity contribution in [2.75, 3.05) is 13.2 Å². The van der Waals surface area contributed by atoms with E-state index in [9.17, 15) is 0 Å². The molecule has 0 saturated heterocycles. The first-order valence-electron chi connectivity index (χ1n) is 8.08. The summed E-state index contributed by atoms with van der Waals surface area (Å²) in [6.07, 6.45) is 4.73. The lowest BCUT2D eigenvalue weighted by molar-refractivity contribution is 0.279. The van der Waals surface area contributed by atoms with Gasteiger partial charge in [0.1, 0.15) is 5.03 Å². The van der Waals surface area contributed by atoms with Gasteiger partial charge in [-0.25, -0.2) is 9.98 Å². The maximum atomic E-state index is 8.94. The number of amidine groups is 1. The first kappa shape index (κ1) is 17.3. The van der Waals surface area contributed by atoms with Crippen LogP contribution in [0.2, 0.25) is 5.02 Å². The molecule has 0 atom stereocenters. The van der Waals surface area contributed by atoms with Crippen molar-refractivity contribution in [2.24, 2.45) is 4.99 Å². The van der Waals surface area contributed by atoms with E-state index in [-0.39, 0.29) is 6.61 Å². The maximum Gasteiger partial charge on any atom is 0.171 e. The van der Waals surface area contributed by atoms with Crippen molar-refractivity contribution < 1.29 is 5.11 Å². The summed E-state index contributed by atoms with van der Waals surface area (Å²) in [6.45, 7) is 2.00. The molecule has 24 heavy (non-hydrogen) atoms.